The van der Waals surface area contributed by atoms with Crippen LogP contribution in [0.4, 0.5) is 0 Å². The van der Waals surface area contributed by atoms with Crippen molar-refractivity contribution in [1.82, 2.24) is 15.3 Å². The highest BCUT2D eigenvalue weighted by molar-refractivity contribution is 5.73. The number of hydrogen-bond donors (Lipinski definition) is 3. The fourth-order valence-electron chi connectivity index (χ4n) is 1.36. The summed E-state index contributed by atoms with van der Waals surface area (Å²) in [4.78, 5) is 12.9. The van der Waals surface area contributed by atoms with Gasteiger partial charge in [-0.1, -0.05) is 0 Å². The van der Waals surface area contributed by atoms with Crippen molar-refractivity contribution in [3.8, 4) is 0 Å². The van der Waals surface area contributed by atoms with E-state index in [1.807, 2.05) is 5.01 Å². The highest BCUT2D eigenvalue weighted by Gasteiger charge is 2.20. The normalized spacial score (nSPS) is 22.1. The van der Waals surface area contributed by atoms with Gasteiger partial charge < -0.3 is 15.7 Å². The number of carbonyl (C=O) groups is 1. The highest BCUT2D eigenvalue weighted by Crippen LogP contribution is 1.96. The fourth-order valence-corrected chi connectivity index (χ4v) is 1.36. The molecule has 0 aromatic rings. The molecule has 0 aromatic heterocycles. The lowest BCUT2D eigenvalue weighted by atomic mass is 10.3. The van der Waals surface area contributed by atoms with Crippen molar-refractivity contribution in [2.75, 3.05) is 39.8 Å². The van der Waals surface area contributed by atoms with Crippen molar-refractivity contribution in [3.63, 3.8) is 0 Å². The maximum Gasteiger partial charge on any atom is 0.323 e. The van der Waals surface area contributed by atoms with Crippen LogP contribution in [0.1, 0.15) is 0 Å². The Hall–Kier alpha value is -0.690. The van der Waals surface area contributed by atoms with Crippen LogP contribution in [0.2, 0.25) is 0 Å². The number of carboxylic acid groups (broad SMARTS) is 1. The summed E-state index contributed by atoms with van der Waals surface area (Å²) in [5.41, 5.74) is 8.25. The summed E-state index contributed by atoms with van der Waals surface area (Å²) in [5.74, 6) is -0.897. The average molecular weight is 202 g/mol. The number of rotatable bonds is 4. The molecule has 1 saturated heterocycles. The summed E-state index contributed by atoms with van der Waals surface area (Å²) in [6.07, 6.45) is 0. The minimum absolute atomic E-state index is 0.113. The predicted octanol–water partition coefficient (Wildman–Crippen LogP) is -1.85. The quantitative estimate of drug-likeness (QED) is 0.496. The van der Waals surface area contributed by atoms with Crippen LogP contribution in [0.5, 0.6) is 0 Å². The summed E-state index contributed by atoms with van der Waals surface area (Å²) in [7, 11) is 2.05. The van der Waals surface area contributed by atoms with Crippen LogP contribution in [0.3, 0.4) is 0 Å². The topological polar surface area (TPSA) is 81.8 Å². The molecular weight excluding hydrogens is 184 g/mol. The van der Waals surface area contributed by atoms with E-state index >= 15 is 0 Å². The second-order valence-corrected chi connectivity index (χ2v) is 3.55. The SMILES string of the molecule is CN1CCN(NC(CN)C(=O)O)CC1. The molecule has 0 radical (unpaired) electrons. The molecule has 0 aromatic carbocycles. The van der Waals surface area contributed by atoms with Gasteiger partial charge >= 0.3 is 5.97 Å². The first kappa shape index (κ1) is 11.4. The van der Waals surface area contributed by atoms with Gasteiger partial charge in [-0.2, -0.15) is 0 Å². The molecule has 6 nitrogen and oxygen atoms in total. The van der Waals surface area contributed by atoms with Gasteiger partial charge in [-0.25, -0.2) is 10.4 Å². The molecule has 1 aliphatic heterocycles. The van der Waals surface area contributed by atoms with Crippen molar-refractivity contribution >= 4 is 5.97 Å². The van der Waals surface area contributed by atoms with E-state index in [0.717, 1.165) is 26.2 Å². The Morgan fingerprint density at radius 2 is 2.07 bits per heavy atom. The maximum absolute atomic E-state index is 10.7. The van der Waals surface area contributed by atoms with Gasteiger partial charge in [0.25, 0.3) is 0 Å². The Labute approximate surface area is 83.6 Å². The summed E-state index contributed by atoms with van der Waals surface area (Å²) in [6.45, 7) is 3.68. The lowest BCUT2D eigenvalue weighted by Gasteiger charge is -2.34. The van der Waals surface area contributed by atoms with Gasteiger partial charge in [-0.3, -0.25) is 4.79 Å². The van der Waals surface area contributed by atoms with Gasteiger partial charge in [0, 0.05) is 32.7 Å². The molecule has 82 valence electrons. The second-order valence-electron chi connectivity index (χ2n) is 3.55. The summed E-state index contributed by atoms with van der Waals surface area (Å²) in [5, 5.41) is 10.7. The summed E-state index contributed by atoms with van der Waals surface area (Å²) in [6, 6.07) is -0.668. The Kier molecular flexibility index (Phi) is 4.27. The van der Waals surface area contributed by atoms with Crippen LogP contribution in [-0.2, 0) is 4.79 Å². The molecule has 0 bridgehead atoms. The number of carboxylic acids is 1. The minimum atomic E-state index is -0.897. The van der Waals surface area contributed by atoms with E-state index in [-0.39, 0.29) is 6.54 Å². The van der Waals surface area contributed by atoms with Crippen LogP contribution in [0.15, 0.2) is 0 Å². The zero-order valence-corrected chi connectivity index (χ0v) is 8.44. The summed E-state index contributed by atoms with van der Waals surface area (Å²) < 4.78 is 0. The molecule has 1 fully saturated rings. The molecule has 1 heterocycles. The first-order valence-corrected chi connectivity index (χ1v) is 4.76. The van der Waals surface area contributed by atoms with E-state index in [4.69, 9.17) is 10.8 Å². The first-order valence-electron chi connectivity index (χ1n) is 4.76. The molecule has 1 atom stereocenters. The van der Waals surface area contributed by atoms with Gasteiger partial charge in [0.2, 0.25) is 0 Å². The molecule has 1 unspecified atom stereocenters. The predicted molar refractivity (Wildman–Crippen MR) is 52.7 cm³/mol. The van der Waals surface area contributed by atoms with Crippen molar-refractivity contribution in [3.05, 3.63) is 0 Å². The Morgan fingerprint density at radius 1 is 1.50 bits per heavy atom. The second kappa shape index (κ2) is 5.26. The number of nitrogens with zero attached hydrogens (tertiary/aromatic N) is 2. The molecule has 0 amide bonds. The molecule has 0 aliphatic carbocycles. The van der Waals surface area contributed by atoms with Crippen LogP contribution in [0, 0.1) is 0 Å². The van der Waals surface area contributed by atoms with Gasteiger partial charge in [0.05, 0.1) is 0 Å². The molecule has 14 heavy (non-hydrogen) atoms. The van der Waals surface area contributed by atoms with E-state index in [2.05, 4.69) is 17.4 Å². The third-order valence-electron chi connectivity index (χ3n) is 2.38. The van der Waals surface area contributed by atoms with Crippen molar-refractivity contribution in [2.24, 2.45) is 5.73 Å². The Morgan fingerprint density at radius 3 is 2.50 bits per heavy atom. The molecule has 1 aliphatic rings. The van der Waals surface area contributed by atoms with Crippen LogP contribution in [-0.4, -0.2) is 66.8 Å². The van der Waals surface area contributed by atoms with Crippen molar-refractivity contribution in [2.45, 2.75) is 6.04 Å². The van der Waals surface area contributed by atoms with E-state index < -0.39 is 12.0 Å². The number of hydrazine groups is 1. The molecular formula is C8H18N4O2. The molecule has 0 spiro atoms. The van der Waals surface area contributed by atoms with E-state index in [0.29, 0.717) is 0 Å². The third-order valence-corrected chi connectivity index (χ3v) is 2.38. The van der Waals surface area contributed by atoms with Gasteiger partial charge in [0.15, 0.2) is 0 Å². The van der Waals surface area contributed by atoms with Crippen LogP contribution in [0.25, 0.3) is 0 Å². The lowest BCUT2D eigenvalue weighted by Crippen LogP contribution is -2.57. The number of nitrogens with two attached hydrogens (primary N) is 1. The zero-order chi connectivity index (χ0) is 10.6. The monoisotopic (exact) mass is 202 g/mol. The van der Waals surface area contributed by atoms with Crippen molar-refractivity contribution < 1.29 is 9.90 Å². The number of aliphatic carboxylic acids is 1. The van der Waals surface area contributed by atoms with Gasteiger partial charge in [-0.15, -0.1) is 0 Å². The fraction of sp³-hybridized carbons (Fsp3) is 0.875. The molecule has 6 heteroatoms. The smallest absolute Gasteiger partial charge is 0.323 e. The number of likely N-dealkylation sites (N-methyl/N-ethyl adjacent to an activating group) is 1. The lowest BCUT2D eigenvalue weighted by molar-refractivity contribution is -0.141. The van der Waals surface area contributed by atoms with Crippen LogP contribution < -0.4 is 11.2 Å². The number of hydrogen-bond acceptors (Lipinski definition) is 5. The highest BCUT2D eigenvalue weighted by atomic mass is 16.4. The standard InChI is InChI=1S/C8H18N4O2/c1-11-2-4-12(5-3-11)10-7(6-9)8(13)14/h7,10H,2-6,9H2,1H3,(H,13,14). The Bertz CT molecular complexity index is 192. The third kappa shape index (κ3) is 3.22. The van der Waals surface area contributed by atoms with Crippen LogP contribution >= 0.6 is 0 Å². The maximum atomic E-state index is 10.7. The minimum Gasteiger partial charge on any atom is -0.480 e. The number of nitrogens with one attached hydrogen (secondary N) is 1. The average Bonchev–Trinajstić information content (AvgIpc) is 2.16. The van der Waals surface area contributed by atoms with E-state index in [1.165, 1.54) is 0 Å². The Balaban J connectivity index is 2.32. The molecule has 4 N–H and O–H groups in total. The molecule has 1 rings (SSSR count). The zero-order valence-electron chi connectivity index (χ0n) is 8.44. The van der Waals surface area contributed by atoms with E-state index in [9.17, 15) is 4.79 Å². The number of piperazine rings is 1. The molecule has 0 saturated carbocycles. The van der Waals surface area contributed by atoms with Crippen molar-refractivity contribution in [1.29, 1.82) is 0 Å². The first-order chi connectivity index (χ1) is 6.63. The summed E-state index contributed by atoms with van der Waals surface area (Å²) >= 11 is 0. The van der Waals surface area contributed by atoms with E-state index in [1.54, 1.807) is 0 Å². The van der Waals surface area contributed by atoms with Gasteiger partial charge in [-0.05, 0) is 7.05 Å². The van der Waals surface area contributed by atoms with Gasteiger partial charge in [0.1, 0.15) is 6.04 Å². The largest absolute Gasteiger partial charge is 0.480 e.